The van der Waals surface area contributed by atoms with Crippen molar-refractivity contribution < 1.29 is 31.7 Å². The minimum Gasteiger partial charge on any atom is -0.491 e. The lowest BCUT2D eigenvalue weighted by Crippen LogP contribution is -2.50. The van der Waals surface area contributed by atoms with Crippen molar-refractivity contribution in [3.05, 3.63) is 70.3 Å². The third kappa shape index (κ3) is 8.79. The normalized spacial score (nSPS) is 28.3. The van der Waals surface area contributed by atoms with E-state index in [-0.39, 0.29) is 42.0 Å². The van der Waals surface area contributed by atoms with Crippen LogP contribution in [0.1, 0.15) is 60.0 Å². The molecule has 0 spiro atoms. The fourth-order valence-corrected chi connectivity index (χ4v) is 10.0. The summed E-state index contributed by atoms with van der Waals surface area (Å²) < 4.78 is 57.1. The number of aryl methyl sites for hydroxylation is 1. The molecule has 3 heterocycles. The Morgan fingerprint density at radius 2 is 1.84 bits per heavy atom. The SMILES string of the molecule is CO[C@H]1/C=C/CCCS(=O)(NC(=O)N2CCS(=O)(=O)CC2)=NC(=O)c2ccc3c(c2)N(Cc2ccc(Cl)cc2CCCCO3)C[C@@H]2CC[C@H]21. The van der Waals surface area contributed by atoms with Crippen molar-refractivity contribution in [2.45, 2.75) is 57.6 Å². The van der Waals surface area contributed by atoms with E-state index in [2.05, 4.69) is 26.1 Å². The lowest BCUT2D eigenvalue weighted by molar-refractivity contribution is 0.0134. The van der Waals surface area contributed by atoms with E-state index in [4.69, 9.17) is 21.1 Å². The van der Waals surface area contributed by atoms with Crippen LogP contribution in [0, 0.1) is 11.8 Å². The Bertz CT molecular complexity index is 1810. The Hall–Kier alpha value is -3.13. The van der Waals surface area contributed by atoms with Crippen LogP contribution in [0.25, 0.3) is 0 Å². The summed E-state index contributed by atoms with van der Waals surface area (Å²) in [6.45, 7) is 1.76. The quantitative estimate of drug-likeness (QED) is 0.405. The third-order valence-corrected chi connectivity index (χ3v) is 13.7. The number of sulfone groups is 1. The van der Waals surface area contributed by atoms with Gasteiger partial charge in [0.15, 0.2) is 9.84 Å². The molecule has 3 amide bonds. The van der Waals surface area contributed by atoms with Gasteiger partial charge in [0.25, 0.3) is 5.91 Å². The molecule has 11 nitrogen and oxygen atoms in total. The lowest BCUT2D eigenvalue weighted by Gasteiger charge is -2.43. The van der Waals surface area contributed by atoms with E-state index in [0.717, 1.165) is 43.4 Å². The highest BCUT2D eigenvalue weighted by Gasteiger charge is 2.38. The molecular weight excluding hydrogens is 688 g/mol. The van der Waals surface area contributed by atoms with Crippen molar-refractivity contribution in [1.29, 1.82) is 0 Å². The van der Waals surface area contributed by atoms with Gasteiger partial charge in [-0.3, -0.25) is 9.52 Å². The molecule has 2 aromatic carbocycles. The Balaban J connectivity index is 1.40. The number of nitrogens with zero attached hydrogens (tertiary/aromatic N) is 3. The van der Waals surface area contributed by atoms with Crippen LogP contribution in [0.5, 0.6) is 5.75 Å². The van der Waals surface area contributed by atoms with Gasteiger partial charge in [0, 0.05) is 43.9 Å². The minimum absolute atomic E-state index is 0.0169. The topological polar surface area (TPSA) is 135 Å². The first-order valence-electron chi connectivity index (χ1n) is 17.1. The number of allylic oxidation sites excluding steroid dienone is 1. The van der Waals surface area contributed by atoms with Gasteiger partial charge < -0.3 is 19.3 Å². The summed E-state index contributed by atoms with van der Waals surface area (Å²) in [7, 11) is -5.07. The van der Waals surface area contributed by atoms with Crippen LogP contribution in [-0.4, -0.2) is 86.2 Å². The first kappa shape index (κ1) is 35.7. The second-order valence-corrected chi connectivity index (χ2v) is 18.2. The molecule has 49 heavy (non-hydrogen) atoms. The van der Waals surface area contributed by atoms with Gasteiger partial charge >= 0.3 is 6.03 Å². The smallest absolute Gasteiger partial charge is 0.329 e. The van der Waals surface area contributed by atoms with Crippen LogP contribution in [0.15, 0.2) is 52.9 Å². The maximum Gasteiger partial charge on any atom is 0.329 e. The summed E-state index contributed by atoms with van der Waals surface area (Å²) in [5, 5.41) is 0.697. The molecule has 0 aromatic heterocycles. The minimum atomic E-state index is -3.57. The van der Waals surface area contributed by atoms with Crippen molar-refractivity contribution in [1.82, 2.24) is 9.62 Å². The molecule has 3 aliphatic heterocycles. The van der Waals surface area contributed by atoms with Gasteiger partial charge in [0.2, 0.25) is 0 Å². The number of carbonyl (C=O) groups excluding carboxylic acids is 2. The van der Waals surface area contributed by atoms with E-state index in [1.54, 1.807) is 25.3 Å². The van der Waals surface area contributed by atoms with Gasteiger partial charge in [0.1, 0.15) is 15.7 Å². The van der Waals surface area contributed by atoms with E-state index in [0.29, 0.717) is 55.1 Å². The van der Waals surface area contributed by atoms with Gasteiger partial charge in [0.05, 0.1) is 35.7 Å². The summed E-state index contributed by atoms with van der Waals surface area (Å²) >= 11 is 6.44. The molecule has 14 heteroatoms. The van der Waals surface area contributed by atoms with Crippen LogP contribution in [0.2, 0.25) is 5.02 Å². The van der Waals surface area contributed by atoms with Crippen LogP contribution < -0.4 is 14.4 Å². The summed E-state index contributed by atoms with van der Waals surface area (Å²) in [6, 6.07) is 10.5. The summed E-state index contributed by atoms with van der Waals surface area (Å²) in [5.41, 5.74) is 3.33. The van der Waals surface area contributed by atoms with E-state index in [1.165, 1.54) is 10.5 Å². The standard InChI is InChI=1S/C35H45ClN4O7S2/c1-46-32-8-3-2-6-18-49(45,38-35(42)39-15-19-48(43,44)20-16-39)37-34(41)26-11-14-33-31(22-26)40(24-28-10-13-30(28)32)23-27-9-12-29(36)21-25(27)7-4-5-17-47-33/h3,8-9,11-12,14,21-22,28,30,32H,2,4-7,10,13,15-20,23-24H2,1H3,(H,37,38,41,42,45)/b8-3+/t28-,30+,32-,49?/m0/s1. The van der Waals surface area contributed by atoms with Gasteiger partial charge in [-0.05, 0) is 98.2 Å². The molecule has 1 saturated heterocycles. The predicted molar refractivity (Wildman–Crippen MR) is 191 cm³/mol. The molecule has 1 N–H and O–H groups in total. The van der Waals surface area contributed by atoms with Crippen LogP contribution in [-0.2, 0) is 37.5 Å². The summed E-state index contributed by atoms with van der Waals surface area (Å²) in [6.07, 6.45) is 9.70. The molecule has 2 aromatic rings. The van der Waals surface area contributed by atoms with Crippen LogP contribution in [0.4, 0.5) is 10.5 Å². The number of halogens is 1. The first-order valence-corrected chi connectivity index (χ1v) is 21.0. The molecule has 2 bridgehead atoms. The molecule has 266 valence electrons. The van der Waals surface area contributed by atoms with Gasteiger partial charge in [-0.1, -0.05) is 29.8 Å². The van der Waals surface area contributed by atoms with Crippen molar-refractivity contribution in [3.63, 3.8) is 0 Å². The Morgan fingerprint density at radius 1 is 1.02 bits per heavy atom. The number of hydrogen-bond acceptors (Lipinski definition) is 8. The van der Waals surface area contributed by atoms with Crippen molar-refractivity contribution >= 4 is 49.0 Å². The number of ether oxygens (including phenoxy) is 2. The number of methoxy groups -OCH3 is 1. The molecule has 6 rings (SSSR count). The number of benzene rings is 2. The van der Waals surface area contributed by atoms with Crippen molar-refractivity contribution in [2.75, 3.05) is 55.5 Å². The molecular formula is C35H45ClN4O7S2. The predicted octanol–water partition coefficient (Wildman–Crippen LogP) is 5.42. The fraction of sp³-hybridized carbons (Fsp3) is 0.543. The van der Waals surface area contributed by atoms with Gasteiger partial charge in [-0.15, -0.1) is 4.36 Å². The molecule has 4 atom stereocenters. The molecule has 1 unspecified atom stereocenters. The molecule has 4 aliphatic rings. The summed E-state index contributed by atoms with van der Waals surface area (Å²) in [4.78, 5) is 30.6. The van der Waals surface area contributed by atoms with E-state index in [9.17, 15) is 22.2 Å². The zero-order valence-corrected chi connectivity index (χ0v) is 30.2. The molecule has 0 radical (unpaired) electrons. The first-order chi connectivity index (χ1) is 23.5. The van der Waals surface area contributed by atoms with Crippen LogP contribution in [0.3, 0.4) is 0 Å². The number of carbonyl (C=O) groups is 2. The maximum absolute atomic E-state index is 14.3. The molecule has 2 fully saturated rings. The van der Waals surface area contributed by atoms with E-state index >= 15 is 0 Å². The third-order valence-electron chi connectivity index (χ3n) is 10.0. The Morgan fingerprint density at radius 3 is 2.59 bits per heavy atom. The highest BCUT2D eigenvalue weighted by Crippen LogP contribution is 2.42. The van der Waals surface area contributed by atoms with Crippen LogP contribution >= 0.6 is 11.6 Å². The number of hydrogen-bond donors (Lipinski definition) is 1. The largest absolute Gasteiger partial charge is 0.491 e. The average Bonchev–Trinajstić information content (AvgIpc) is 3.08. The maximum atomic E-state index is 14.3. The lowest BCUT2D eigenvalue weighted by atomic mass is 9.70. The van der Waals surface area contributed by atoms with Gasteiger partial charge in [-0.25, -0.2) is 17.4 Å². The molecule has 1 saturated carbocycles. The summed E-state index contributed by atoms with van der Waals surface area (Å²) in [5.74, 6) is 0.205. The number of fused-ring (bicyclic) bond motifs is 3. The average molecular weight is 733 g/mol. The number of anilines is 1. The number of amides is 3. The molecule has 1 aliphatic carbocycles. The number of nitrogens with one attached hydrogen (secondary N) is 1. The number of urea groups is 1. The van der Waals surface area contributed by atoms with E-state index in [1.807, 2.05) is 18.2 Å². The highest BCUT2D eigenvalue weighted by atomic mass is 35.5. The number of rotatable bonds is 2. The second kappa shape index (κ2) is 15.4. The van der Waals surface area contributed by atoms with Crippen molar-refractivity contribution in [2.24, 2.45) is 16.2 Å². The Kier molecular flexibility index (Phi) is 11.2. The highest BCUT2D eigenvalue weighted by molar-refractivity contribution is 7.92. The zero-order valence-electron chi connectivity index (χ0n) is 27.9. The van der Waals surface area contributed by atoms with E-state index < -0.39 is 31.7 Å². The monoisotopic (exact) mass is 732 g/mol. The second-order valence-electron chi connectivity index (χ2n) is 13.3. The van der Waals surface area contributed by atoms with Crippen molar-refractivity contribution in [3.8, 4) is 5.75 Å². The zero-order chi connectivity index (χ0) is 34.6. The Labute approximate surface area is 294 Å². The fourth-order valence-electron chi connectivity index (χ4n) is 7.04. The van der Waals surface area contributed by atoms with Gasteiger partial charge in [-0.2, -0.15) is 0 Å².